The molecule has 26 heavy (non-hydrogen) atoms. The van der Waals surface area contributed by atoms with E-state index in [1.54, 1.807) is 17.4 Å². The molecule has 1 amide bonds. The fourth-order valence-electron chi connectivity index (χ4n) is 2.78. The first-order valence-electron chi connectivity index (χ1n) is 8.19. The molecule has 5 heteroatoms. The monoisotopic (exact) mass is 378 g/mol. The number of hydrogen-bond acceptors (Lipinski definition) is 3. The number of nitrogens with zero attached hydrogens (tertiary/aromatic N) is 1. The first kappa shape index (κ1) is 16.8. The highest BCUT2D eigenvalue weighted by Gasteiger charge is 2.13. The standard InChI is InChI=1S/C21H15ClN2OS/c22-16-9-3-1-7-14(16)13-20(25)23-17-10-4-2-8-15(17)21-24-18-11-5-6-12-19(18)26-21/h1-12H,13H2,(H,23,25). The second-order valence-corrected chi connectivity index (χ2v) is 7.29. The summed E-state index contributed by atoms with van der Waals surface area (Å²) in [4.78, 5) is 17.2. The summed E-state index contributed by atoms with van der Waals surface area (Å²) < 4.78 is 1.12. The molecule has 3 aromatic carbocycles. The van der Waals surface area contributed by atoms with Gasteiger partial charge in [-0.05, 0) is 35.9 Å². The number of anilines is 1. The molecule has 4 rings (SSSR count). The Hall–Kier alpha value is -2.69. The van der Waals surface area contributed by atoms with Crippen molar-refractivity contribution in [1.82, 2.24) is 4.98 Å². The molecule has 3 nitrogen and oxygen atoms in total. The molecule has 0 fully saturated rings. The summed E-state index contributed by atoms with van der Waals surface area (Å²) in [5.41, 5.74) is 3.44. The molecular formula is C21H15ClN2OS. The molecule has 0 saturated heterocycles. The van der Waals surface area contributed by atoms with E-state index in [0.29, 0.717) is 5.02 Å². The van der Waals surface area contributed by atoms with Crippen molar-refractivity contribution < 1.29 is 4.79 Å². The molecule has 0 saturated carbocycles. The molecule has 0 bridgehead atoms. The van der Waals surface area contributed by atoms with Gasteiger partial charge in [0.25, 0.3) is 0 Å². The molecule has 0 aliphatic carbocycles. The molecule has 128 valence electrons. The number of thiazole rings is 1. The third-order valence-electron chi connectivity index (χ3n) is 4.03. The lowest BCUT2D eigenvalue weighted by Gasteiger charge is -2.10. The number of para-hydroxylation sites is 2. The maximum Gasteiger partial charge on any atom is 0.228 e. The van der Waals surface area contributed by atoms with Crippen molar-refractivity contribution in [2.45, 2.75) is 6.42 Å². The van der Waals surface area contributed by atoms with E-state index in [1.165, 1.54) is 0 Å². The maximum absolute atomic E-state index is 12.5. The summed E-state index contributed by atoms with van der Waals surface area (Å²) in [6.45, 7) is 0. The minimum atomic E-state index is -0.105. The summed E-state index contributed by atoms with van der Waals surface area (Å²) in [5.74, 6) is -0.105. The lowest BCUT2D eigenvalue weighted by molar-refractivity contribution is -0.115. The van der Waals surface area contributed by atoms with Crippen LogP contribution < -0.4 is 5.32 Å². The van der Waals surface area contributed by atoms with E-state index in [1.807, 2.05) is 60.7 Å². The van der Waals surface area contributed by atoms with Crippen LogP contribution in [-0.4, -0.2) is 10.9 Å². The van der Waals surface area contributed by atoms with Crippen molar-refractivity contribution in [2.75, 3.05) is 5.32 Å². The molecule has 4 aromatic rings. The van der Waals surface area contributed by atoms with Crippen molar-refractivity contribution >= 4 is 44.7 Å². The lowest BCUT2D eigenvalue weighted by Crippen LogP contribution is -2.15. The topological polar surface area (TPSA) is 42.0 Å². The number of fused-ring (bicyclic) bond motifs is 1. The van der Waals surface area contributed by atoms with Crippen molar-refractivity contribution in [3.05, 3.63) is 83.4 Å². The molecule has 1 N–H and O–H groups in total. The van der Waals surface area contributed by atoms with Crippen LogP contribution in [-0.2, 0) is 11.2 Å². The third-order valence-corrected chi connectivity index (χ3v) is 5.47. The van der Waals surface area contributed by atoms with Crippen LogP contribution >= 0.6 is 22.9 Å². The van der Waals surface area contributed by atoms with E-state index in [0.717, 1.165) is 32.0 Å². The van der Waals surface area contributed by atoms with Crippen LogP contribution in [0.25, 0.3) is 20.8 Å². The number of carbonyl (C=O) groups excluding carboxylic acids is 1. The SMILES string of the molecule is O=C(Cc1ccccc1Cl)Nc1ccccc1-c1nc2ccccc2s1. The second-order valence-electron chi connectivity index (χ2n) is 5.85. The van der Waals surface area contributed by atoms with Gasteiger partial charge >= 0.3 is 0 Å². The summed E-state index contributed by atoms with van der Waals surface area (Å²) in [6.07, 6.45) is 0.230. The number of nitrogens with one attached hydrogen (secondary N) is 1. The normalized spacial score (nSPS) is 10.8. The van der Waals surface area contributed by atoms with Gasteiger partial charge in [0, 0.05) is 10.6 Å². The van der Waals surface area contributed by atoms with Gasteiger partial charge in [-0.25, -0.2) is 4.98 Å². The molecule has 0 atom stereocenters. The van der Waals surface area contributed by atoms with Crippen molar-refractivity contribution in [2.24, 2.45) is 0 Å². The van der Waals surface area contributed by atoms with Gasteiger partial charge in [0.2, 0.25) is 5.91 Å². The molecule has 0 aliphatic rings. The van der Waals surface area contributed by atoms with Crippen molar-refractivity contribution in [1.29, 1.82) is 0 Å². The minimum absolute atomic E-state index is 0.105. The highest BCUT2D eigenvalue weighted by Crippen LogP contribution is 2.34. The van der Waals surface area contributed by atoms with Gasteiger partial charge in [0.05, 0.1) is 22.3 Å². The maximum atomic E-state index is 12.5. The van der Waals surface area contributed by atoms with E-state index in [9.17, 15) is 4.79 Å². The van der Waals surface area contributed by atoms with Crippen LogP contribution in [0.1, 0.15) is 5.56 Å². The van der Waals surface area contributed by atoms with E-state index < -0.39 is 0 Å². The van der Waals surface area contributed by atoms with Crippen LogP contribution in [0.2, 0.25) is 5.02 Å². The zero-order valence-electron chi connectivity index (χ0n) is 13.8. The summed E-state index contributed by atoms with van der Waals surface area (Å²) in [5, 5.41) is 4.49. The Kier molecular flexibility index (Phi) is 4.69. The molecule has 0 spiro atoms. The Balaban J connectivity index is 1.61. The smallest absolute Gasteiger partial charge is 0.228 e. The predicted molar refractivity (Wildman–Crippen MR) is 109 cm³/mol. The van der Waals surface area contributed by atoms with Gasteiger partial charge in [-0.3, -0.25) is 4.79 Å². The predicted octanol–water partition coefficient (Wildman–Crippen LogP) is 5.80. The number of benzene rings is 3. The van der Waals surface area contributed by atoms with Gasteiger partial charge in [0.1, 0.15) is 5.01 Å². The van der Waals surface area contributed by atoms with Gasteiger partial charge in [-0.1, -0.05) is 54.1 Å². The molecule has 1 aromatic heterocycles. The van der Waals surface area contributed by atoms with E-state index in [4.69, 9.17) is 16.6 Å². The van der Waals surface area contributed by atoms with E-state index in [2.05, 4.69) is 11.4 Å². The van der Waals surface area contributed by atoms with E-state index in [-0.39, 0.29) is 12.3 Å². The summed E-state index contributed by atoms with van der Waals surface area (Å²) in [6, 6.07) is 23.1. The fourth-order valence-corrected chi connectivity index (χ4v) is 3.98. The van der Waals surface area contributed by atoms with Gasteiger partial charge in [0.15, 0.2) is 0 Å². The Morgan fingerprint density at radius 2 is 1.69 bits per heavy atom. The highest BCUT2D eigenvalue weighted by atomic mass is 35.5. The van der Waals surface area contributed by atoms with Gasteiger partial charge in [-0.15, -0.1) is 11.3 Å². The van der Waals surface area contributed by atoms with Crippen LogP contribution in [0.15, 0.2) is 72.8 Å². The molecular weight excluding hydrogens is 364 g/mol. The Bertz CT molecular complexity index is 1060. The van der Waals surface area contributed by atoms with Crippen LogP contribution in [0.5, 0.6) is 0 Å². The lowest BCUT2D eigenvalue weighted by atomic mass is 10.1. The van der Waals surface area contributed by atoms with Gasteiger partial charge in [-0.2, -0.15) is 0 Å². The quantitative estimate of drug-likeness (QED) is 0.487. The van der Waals surface area contributed by atoms with E-state index >= 15 is 0 Å². The Morgan fingerprint density at radius 1 is 0.962 bits per heavy atom. The van der Waals surface area contributed by atoms with Crippen LogP contribution in [0, 0.1) is 0 Å². The number of aromatic nitrogens is 1. The first-order valence-corrected chi connectivity index (χ1v) is 9.38. The Labute approximate surface area is 160 Å². The highest BCUT2D eigenvalue weighted by molar-refractivity contribution is 7.21. The number of amides is 1. The largest absolute Gasteiger partial charge is 0.325 e. The number of hydrogen-bond donors (Lipinski definition) is 1. The minimum Gasteiger partial charge on any atom is -0.325 e. The summed E-state index contributed by atoms with van der Waals surface area (Å²) in [7, 11) is 0. The number of rotatable bonds is 4. The molecule has 0 radical (unpaired) electrons. The van der Waals surface area contributed by atoms with Crippen molar-refractivity contribution in [3.63, 3.8) is 0 Å². The second kappa shape index (κ2) is 7.28. The molecule has 0 unspecified atom stereocenters. The zero-order chi connectivity index (χ0) is 17.9. The zero-order valence-corrected chi connectivity index (χ0v) is 15.3. The Morgan fingerprint density at radius 3 is 2.54 bits per heavy atom. The van der Waals surface area contributed by atoms with Crippen LogP contribution in [0.3, 0.4) is 0 Å². The van der Waals surface area contributed by atoms with Crippen molar-refractivity contribution in [3.8, 4) is 10.6 Å². The first-order chi connectivity index (χ1) is 12.7. The van der Waals surface area contributed by atoms with Crippen LogP contribution in [0.4, 0.5) is 5.69 Å². The third kappa shape index (κ3) is 3.47. The summed E-state index contributed by atoms with van der Waals surface area (Å²) >= 11 is 7.77. The molecule has 0 aliphatic heterocycles. The fraction of sp³-hybridized carbons (Fsp3) is 0.0476. The molecule has 1 heterocycles. The average molecular weight is 379 g/mol. The number of carbonyl (C=O) groups is 1. The average Bonchev–Trinajstić information content (AvgIpc) is 3.08. The van der Waals surface area contributed by atoms with Gasteiger partial charge < -0.3 is 5.32 Å². The number of halogens is 1.